The number of halogens is 1. The summed E-state index contributed by atoms with van der Waals surface area (Å²) < 4.78 is 39.6. The summed E-state index contributed by atoms with van der Waals surface area (Å²) in [6.07, 6.45) is 0. The summed E-state index contributed by atoms with van der Waals surface area (Å²) in [5, 5.41) is 2.36. The van der Waals surface area contributed by atoms with Gasteiger partial charge in [-0.25, -0.2) is 12.8 Å². The zero-order chi connectivity index (χ0) is 20.5. The van der Waals surface area contributed by atoms with E-state index < -0.39 is 27.5 Å². The van der Waals surface area contributed by atoms with Crippen molar-refractivity contribution in [3.8, 4) is 0 Å². The molecule has 2 aromatic carbocycles. The van der Waals surface area contributed by atoms with Crippen LogP contribution in [0.25, 0.3) is 0 Å². The molecule has 3 aromatic rings. The molecular weight excluding hydrogens is 403 g/mol. The van der Waals surface area contributed by atoms with Crippen LogP contribution in [0.1, 0.15) is 26.3 Å². The number of hydrogen-bond acceptors (Lipinski definition) is 5. The minimum atomic E-state index is -3.93. The van der Waals surface area contributed by atoms with Gasteiger partial charge in [0.2, 0.25) is 9.84 Å². The third-order valence-electron chi connectivity index (χ3n) is 3.99. The molecular formula is C19H15FN2O4S2. The predicted molar refractivity (Wildman–Crippen MR) is 104 cm³/mol. The Balaban J connectivity index is 2.09. The lowest BCUT2D eigenvalue weighted by Crippen LogP contribution is -2.18. The van der Waals surface area contributed by atoms with Gasteiger partial charge < -0.3 is 11.1 Å². The van der Waals surface area contributed by atoms with Gasteiger partial charge in [0.25, 0.3) is 11.8 Å². The Morgan fingerprint density at radius 1 is 1.04 bits per heavy atom. The maximum Gasteiger partial charge on any atom is 0.259 e. The van der Waals surface area contributed by atoms with Crippen molar-refractivity contribution in [3.05, 3.63) is 77.1 Å². The fraction of sp³-hybridized carbons (Fsp3) is 0.0526. The molecule has 0 atom stereocenters. The number of hydrogen-bond donors (Lipinski definition) is 2. The zero-order valence-corrected chi connectivity index (χ0v) is 16.2. The van der Waals surface area contributed by atoms with E-state index in [0.717, 1.165) is 6.07 Å². The molecule has 0 saturated carbocycles. The monoisotopic (exact) mass is 418 g/mol. The van der Waals surface area contributed by atoms with E-state index in [9.17, 15) is 22.4 Å². The SMILES string of the molecule is Cc1c(S(=O)(=O)c2ccccc2)sc(NC(=O)c2ccccc2F)c1C(N)=O. The zero-order valence-electron chi connectivity index (χ0n) is 14.6. The van der Waals surface area contributed by atoms with Gasteiger partial charge >= 0.3 is 0 Å². The summed E-state index contributed by atoms with van der Waals surface area (Å²) in [7, 11) is -3.93. The first-order valence-electron chi connectivity index (χ1n) is 8.02. The van der Waals surface area contributed by atoms with Gasteiger partial charge in [-0.15, -0.1) is 11.3 Å². The molecule has 9 heteroatoms. The average molecular weight is 418 g/mol. The highest BCUT2D eigenvalue weighted by atomic mass is 32.2. The first-order chi connectivity index (χ1) is 13.2. The quantitative estimate of drug-likeness (QED) is 0.662. The molecule has 0 saturated heterocycles. The fourth-order valence-corrected chi connectivity index (χ4v) is 5.81. The number of thiophene rings is 1. The van der Waals surface area contributed by atoms with Crippen LogP contribution in [-0.4, -0.2) is 20.2 Å². The molecule has 0 aliphatic rings. The van der Waals surface area contributed by atoms with Crippen molar-refractivity contribution in [1.82, 2.24) is 0 Å². The van der Waals surface area contributed by atoms with E-state index in [2.05, 4.69) is 5.32 Å². The minimum Gasteiger partial charge on any atom is -0.365 e. The molecule has 3 N–H and O–H groups in total. The van der Waals surface area contributed by atoms with Gasteiger partial charge in [-0.3, -0.25) is 9.59 Å². The lowest BCUT2D eigenvalue weighted by atomic mass is 10.1. The maximum absolute atomic E-state index is 13.9. The van der Waals surface area contributed by atoms with Crippen molar-refractivity contribution >= 4 is 38.0 Å². The fourth-order valence-electron chi connectivity index (χ4n) is 2.66. The molecule has 6 nitrogen and oxygen atoms in total. The van der Waals surface area contributed by atoms with E-state index in [1.54, 1.807) is 18.2 Å². The highest BCUT2D eigenvalue weighted by molar-refractivity contribution is 7.93. The number of nitrogens with two attached hydrogens (primary N) is 1. The van der Waals surface area contributed by atoms with Gasteiger partial charge in [0.05, 0.1) is 16.0 Å². The van der Waals surface area contributed by atoms with Crippen LogP contribution < -0.4 is 11.1 Å². The number of carbonyl (C=O) groups is 2. The summed E-state index contributed by atoms with van der Waals surface area (Å²) in [5.41, 5.74) is 5.17. The molecule has 144 valence electrons. The molecule has 2 amide bonds. The van der Waals surface area contributed by atoms with Crippen LogP contribution in [0.2, 0.25) is 0 Å². The lowest BCUT2D eigenvalue weighted by molar-refractivity contribution is 0.100. The van der Waals surface area contributed by atoms with E-state index in [4.69, 9.17) is 5.73 Å². The van der Waals surface area contributed by atoms with E-state index in [-0.39, 0.29) is 30.8 Å². The second kappa shape index (κ2) is 7.53. The Kier molecular flexibility index (Phi) is 5.30. The van der Waals surface area contributed by atoms with Gasteiger partial charge in [0.15, 0.2) is 0 Å². The van der Waals surface area contributed by atoms with E-state index in [1.807, 2.05) is 0 Å². The number of benzene rings is 2. The van der Waals surface area contributed by atoms with Crippen LogP contribution in [0, 0.1) is 12.7 Å². The topological polar surface area (TPSA) is 106 Å². The molecule has 0 aliphatic carbocycles. The molecule has 0 spiro atoms. The molecule has 28 heavy (non-hydrogen) atoms. The first-order valence-corrected chi connectivity index (χ1v) is 10.3. The lowest BCUT2D eigenvalue weighted by Gasteiger charge is -2.05. The minimum absolute atomic E-state index is 0.0438. The molecule has 0 unspecified atom stereocenters. The van der Waals surface area contributed by atoms with Crippen LogP contribution in [-0.2, 0) is 9.84 Å². The van der Waals surface area contributed by atoms with Crippen molar-refractivity contribution in [2.75, 3.05) is 5.32 Å². The van der Waals surface area contributed by atoms with Crippen molar-refractivity contribution in [2.45, 2.75) is 16.0 Å². The number of nitrogens with one attached hydrogen (secondary N) is 1. The van der Waals surface area contributed by atoms with E-state index in [0.29, 0.717) is 11.3 Å². The first kappa shape index (κ1) is 19.7. The molecule has 1 heterocycles. The molecule has 0 bridgehead atoms. The van der Waals surface area contributed by atoms with E-state index >= 15 is 0 Å². The van der Waals surface area contributed by atoms with Gasteiger partial charge in [-0.1, -0.05) is 30.3 Å². The Labute approximate surface area is 164 Å². The van der Waals surface area contributed by atoms with Gasteiger partial charge in [0, 0.05) is 0 Å². The second-order valence-corrected chi connectivity index (χ2v) is 9.00. The number of amides is 2. The van der Waals surface area contributed by atoms with Crippen LogP contribution >= 0.6 is 11.3 Å². The summed E-state index contributed by atoms with van der Waals surface area (Å²) >= 11 is 0.702. The van der Waals surface area contributed by atoms with Gasteiger partial charge in [-0.05, 0) is 36.8 Å². The predicted octanol–water partition coefficient (Wildman–Crippen LogP) is 3.38. The van der Waals surface area contributed by atoms with Crippen molar-refractivity contribution < 1.29 is 22.4 Å². The standard InChI is InChI=1S/C19H15FN2O4S2/c1-11-15(16(21)23)18(22-17(24)13-9-5-6-10-14(13)20)27-19(11)28(25,26)12-7-3-2-4-8-12/h2-10H,1H3,(H2,21,23)(H,22,24). The summed E-state index contributed by atoms with van der Waals surface area (Å²) in [4.78, 5) is 24.4. The Morgan fingerprint density at radius 3 is 2.25 bits per heavy atom. The molecule has 0 radical (unpaired) electrons. The normalized spacial score (nSPS) is 11.2. The largest absolute Gasteiger partial charge is 0.365 e. The second-order valence-electron chi connectivity index (χ2n) is 5.83. The number of sulfone groups is 1. The van der Waals surface area contributed by atoms with E-state index in [1.165, 1.54) is 37.3 Å². The van der Waals surface area contributed by atoms with Crippen LogP contribution in [0.4, 0.5) is 9.39 Å². The highest BCUT2D eigenvalue weighted by Gasteiger charge is 2.29. The van der Waals surface area contributed by atoms with Crippen LogP contribution in [0.5, 0.6) is 0 Å². The smallest absolute Gasteiger partial charge is 0.259 e. The third kappa shape index (κ3) is 3.54. The van der Waals surface area contributed by atoms with Crippen molar-refractivity contribution in [1.29, 1.82) is 0 Å². The highest BCUT2D eigenvalue weighted by Crippen LogP contribution is 2.39. The Bertz CT molecular complexity index is 1170. The number of rotatable bonds is 5. The van der Waals surface area contributed by atoms with Gasteiger partial charge in [-0.2, -0.15) is 0 Å². The number of primary amides is 1. The Morgan fingerprint density at radius 2 is 1.64 bits per heavy atom. The number of anilines is 1. The summed E-state index contributed by atoms with van der Waals surface area (Å²) in [6, 6.07) is 13.0. The Hall–Kier alpha value is -3.04. The molecule has 0 fully saturated rings. The number of carbonyl (C=O) groups excluding carboxylic acids is 2. The summed E-state index contributed by atoms with van der Waals surface area (Å²) in [6.45, 7) is 1.44. The summed E-state index contributed by atoms with van der Waals surface area (Å²) in [5.74, 6) is -2.45. The average Bonchev–Trinajstić information content (AvgIpc) is 2.99. The van der Waals surface area contributed by atoms with Gasteiger partial charge in [0.1, 0.15) is 15.0 Å². The maximum atomic E-state index is 13.9. The van der Waals surface area contributed by atoms with Crippen molar-refractivity contribution in [2.24, 2.45) is 5.73 Å². The van der Waals surface area contributed by atoms with Crippen LogP contribution in [0.15, 0.2) is 63.7 Å². The third-order valence-corrected chi connectivity index (χ3v) is 7.59. The molecule has 3 rings (SSSR count). The van der Waals surface area contributed by atoms with Crippen molar-refractivity contribution in [3.63, 3.8) is 0 Å². The molecule has 0 aliphatic heterocycles. The molecule has 1 aromatic heterocycles. The van der Waals surface area contributed by atoms with Crippen LogP contribution in [0.3, 0.4) is 0 Å².